The summed E-state index contributed by atoms with van der Waals surface area (Å²) >= 11 is 0. The molecule has 1 aliphatic rings. The Morgan fingerprint density at radius 3 is 1.17 bits per heavy atom. The number of hydrogen-bond acceptors (Lipinski definition) is 4. The van der Waals surface area contributed by atoms with Crippen LogP contribution in [-0.4, -0.2) is 55.8 Å². The SMILES string of the molecule is CCCCC/C=C/C/C=C/CCCCCCCC(=O)O[C@@H]1C[N+](C)(C)C[C@H]1OC(=O)CCCCCCC/C=C/C/C=C/CCCCC.[Cl-]. The van der Waals surface area contributed by atoms with Crippen LogP contribution in [0.4, 0.5) is 0 Å². The van der Waals surface area contributed by atoms with Crippen molar-refractivity contribution in [3.8, 4) is 0 Å². The molecule has 1 aliphatic heterocycles. The zero-order valence-electron chi connectivity index (χ0n) is 31.6. The summed E-state index contributed by atoms with van der Waals surface area (Å²) in [6.07, 6.45) is 44.1. The van der Waals surface area contributed by atoms with Crippen LogP contribution < -0.4 is 12.4 Å². The minimum Gasteiger partial charge on any atom is -1.00 e. The second-order valence-electron chi connectivity index (χ2n) is 14.3. The van der Waals surface area contributed by atoms with Gasteiger partial charge in [-0.1, -0.05) is 127 Å². The van der Waals surface area contributed by atoms with Crippen molar-refractivity contribution in [3.05, 3.63) is 48.6 Å². The van der Waals surface area contributed by atoms with E-state index in [1.165, 1.54) is 77.0 Å². The van der Waals surface area contributed by atoms with E-state index < -0.39 is 0 Å². The van der Waals surface area contributed by atoms with Gasteiger partial charge >= 0.3 is 11.9 Å². The van der Waals surface area contributed by atoms with Gasteiger partial charge in [0.1, 0.15) is 13.1 Å². The molecule has 0 amide bonds. The smallest absolute Gasteiger partial charge is 0.306 e. The number of esters is 2. The molecule has 1 heterocycles. The Hall–Kier alpha value is -1.85. The number of allylic oxidation sites excluding steroid dienone is 8. The summed E-state index contributed by atoms with van der Waals surface area (Å²) in [5, 5.41) is 0. The first kappa shape index (κ1) is 46.1. The lowest BCUT2D eigenvalue weighted by atomic mass is 10.1. The Bertz CT molecular complexity index is 824. The maximum Gasteiger partial charge on any atom is 0.306 e. The molecular weight excluding hydrogens is 618 g/mol. The maximum absolute atomic E-state index is 12.6. The Kier molecular flexibility index (Phi) is 31.1. The summed E-state index contributed by atoms with van der Waals surface area (Å²) < 4.78 is 12.4. The van der Waals surface area contributed by atoms with Crippen molar-refractivity contribution in [3.63, 3.8) is 0 Å². The predicted molar refractivity (Wildman–Crippen MR) is 200 cm³/mol. The topological polar surface area (TPSA) is 52.6 Å². The number of likely N-dealkylation sites (N-methyl/N-ethyl adjacent to an activating group) is 1. The third-order valence-corrected chi connectivity index (χ3v) is 8.99. The number of nitrogens with zero attached hydrogens (tertiary/aromatic N) is 1. The number of likely N-dealkylation sites (tertiary alicyclic amines) is 1. The molecule has 0 aromatic carbocycles. The Morgan fingerprint density at radius 1 is 0.500 bits per heavy atom. The van der Waals surface area contributed by atoms with Crippen LogP contribution >= 0.6 is 0 Å². The standard InChI is InChI=1S/C42H74NO4.ClH/c1-5-7-9-11-13-15-17-19-21-23-25-27-29-31-33-35-41(44)46-39-37-43(3,4)38-40(39)47-42(45)36-34-32-30-28-26-24-22-20-18-16-14-12-10-8-6-2;/h13-16,19-22,39-40H,5-12,17-18,23-38H2,1-4H3;1H/q+1;/p-1/b15-13+,16-14+,21-19+,22-20+;/t39-,40-;/m1./s1. The van der Waals surface area contributed by atoms with Crippen LogP contribution in [0.15, 0.2) is 48.6 Å². The van der Waals surface area contributed by atoms with Gasteiger partial charge in [0.15, 0.2) is 12.2 Å². The summed E-state index contributed by atoms with van der Waals surface area (Å²) in [6.45, 7) is 5.87. The molecule has 0 unspecified atom stereocenters. The number of rotatable bonds is 30. The van der Waals surface area contributed by atoms with Crippen LogP contribution in [0, 0.1) is 0 Å². The second-order valence-corrected chi connectivity index (χ2v) is 14.3. The van der Waals surface area contributed by atoms with Gasteiger partial charge in [0.25, 0.3) is 0 Å². The molecule has 0 spiro atoms. The van der Waals surface area contributed by atoms with Crippen molar-refractivity contribution in [1.29, 1.82) is 0 Å². The van der Waals surface area contributed by atoms with E-state index in [4.69, 9.17) is 9.47 Å². The molecule has 0 saturated carbocycles. The minimum atomic E-state index is -0.343. The van der Waals surface area contributed by atoms with Gasteiger partial charge in [-0.05, 0) is 77.0 Å². The number of carbonyl (C=O) groups is 2. The Labute approximate surface area is 303 Å². The lowest BCUT2D eigenvalue weighted by molar-refractivity contribution is -0.880. The molecule has 1 saturated heterocycles. The molecule has 48 heavy (non-hydrogen) atoms. The fraction of sp³-hybridized carbons (Fsp3) is 0.762. The lowest BCUT2D eigenvalue weighted by Crippen LogP contribution is -3.00. The highest BCUT2D eigenvalue weighted by molar-refractivity contribution is 5.70. The molecule has 0 bridgehead atoms. The molecule has 278 valence electrons. The van der Waals surface area contributed by atoms with Crippen LogP contribution in [0.3, 0.4) is 0 Å². The van der Waals surface area contributed by atoms with Crippen LogP contribution in [0.2, 0.25) is 0 Å². The van der Waals surface area contributed by atoms with E-state index in [1.807, 2.05) is 0 Å². The number of ether oxygens (including phenoxy) is 2. The van der Waals surface area contributed by atoms with Gasteiger partial charge in [-0.3, -0.25) is 9.59 Å². The molecule has 0 N–H and O–H groups in total. The molecule has 0 aliphatic carbocycles. The second kappa shape index (κ2) is 32.4. The van der Waals surface area contributed by atoms with Crippen molar-refractivity contribution >= 4 is 11.9 Å². The fourth-order valence-corrected chi connectivity index (χ4v) is 6.13. The van der Waals surface area contributed by atoms with Crippen molar-refractivity contribution in [2.45, 2.75) is 180 Å². The molecule has 0 aromatic rings. The highest BCUT2D eigenvalue weighted by Gasteiger charge is 2.45. The third-order valence-electron chi connectivity index (χ3n) is 8.99. The van der Waals surface area contributed by atoms with Crippen molar-refractivity contribution in [1.82, 2.24) is 0 Å². The number of halogens is 1. The van der Waals surface area contributed by atoms with E-state index in [1.54, 1.807) is 0 Å². The van der Waals surface area contributed by atoms with E-state index in [9.17, 15) is 9.59 Å². The van der Waals surface area contributed by atoms with Gasteiger partial charge in [0.05, 0.1) is 14.1 Å². The lowest BCUT2D eigenvalue weighted by Gasteiger charge is -2.22. The normalized spacial score (nSPS) is 17.6. The number of carbonyl (C=O) groups excluding carboxylic acids is 2. The van der Waals surface area contributed by atoms with Crippen molar-refractivity contribution < 1.29 is 36.0 Å². The van der Waals surface area contributed by atoms with Crippen LogP contribution in [0.1, 0.15) is 168 Å². The maximum atomic E-state index is 12.6. The predicted octanol–water partition coefficient (Wildman–Crippen LogP) is 8.53. The molecule has 1 rings (SSSR count). The van der Waals surface area contributed by atoms with Crippen LogP contribution in [0.5, 0.6) is 0 Å². The fourth-order valence-electron chi connectivity index (χ4n) is 6.13. The largest absolute Gasteiger partial charge is 1.00 e. The zero-order valence-corrected chi connectivity index (χ0v) is 32.4. The first-order valence-corrected chi connectivity index (χ1v) is 19.7. The highest BCUT2D eigenvalue weighted by atomic mass is 35.5. The van der Waals surface area contributed by atoms with Gasteiger partial charge in [-0.2, -0.15) is 0 Å². The summed E-state index contributed by atoms with van der Waals surface area (Å²) in [6, 6.07) is 0. The van der Waals surface area contributed by atoms with E-state index in [2.05, 4.69) is 76.6 Å². The van der Waals surface area contributed by atoms with Crippen molar-refractivity contribution in [2.75, 3.05) is 27.2 Å². The third kappa shape index (κ3) is 28.0. The van der Waals surface area contributed by atoms with E-state index >= 15 is 0 Å². The summed E-state index contributed by atoms with van der Waals surface area (Å²) in [5.74, 6) is -0.310. The quantitative estimate of drug-likeness (QED) is 0.0328. The highest BCUT2D eigenvalue weighted by Crippen LogP contribution is 2.23. The van der Waals surface area contributed by atoms with E-state index in [0.717, 1.165) is 64.2 Å². The summed E-state index contributed by atoms with van der Waals surface area (Å²) in [5.41, 5.74) is 0. The number of hydrogen-bond donors (Lipinski definition) is 0. The molecule has 5 nitrogen and oxygen atoms in total. The average molecular weight is 693 g/mol. The zero-order chi connectivity index (χ0) is 34.3. The van der Waals surface area contributed by atoms with Crippen LogP contribution in [-0.2, 0) is 19.1 Å². The molecule has 6 heteroatoms. The monoisotopic (exact) mass is 692 g/mol. The summed E-state index contributed by atoms with van der Waals surface area (Å²) in [7, 11) is 4.21. The average Bonchev–Trinajstić information content (AvgIpc) is 3.32. The molecule has 0 aromatic heterocycles. The molecule has 1 fully saturated rings. The van der Waals surface area contributed by atoms with E-state index in [-0.39, 0.29) is 36.6 Å². The molecular formula is C42H74ClNO4. The number of unbranched alkanes of at least 4 members (excludes halogenated alkanes) is 16. The van der Waals surface area contributed by atoms with E-state index in [0.29, 0.717) is 30.4 Å². The van der Waals surface area contributed by atoms with Gasteiger partial charge < -0.3 is 26.4 Å². The first-order chi connectivity index (χ1) is 22.9. The first-order valence-electron chi connectivity index (χ1n) is 19.7. The van der Waals surface area contributed by atoms with Gasteiger partial charge in [0, 0.05) is 12.8 Å². The van der Waals surface area contributed by atoms with Crippen molar-refractivity contribution in [2.24, 2.45) is 0 Å². The summed E-state index contributed by atoms with van der Waals surface area (Å²) in [4.78, 5) is 25.2. The van der Waals surface area contributed by atoms with Crippen LogP contribution in [0.25, 0.3) is 0 Å². The minimum absolute atomic E-state index is 0. The van der Waals surface area contributed by atoms with Gasteiger partial charge in [-0.25, -0.2) is 0 Å². The molecule has 0 radical (unpaired) electrons. The molecule has 2 atom stereocenters. The Balaban J connectivity index is 0.0000221. The number of quaternary nitrogens is 1. The van der Waals surface area contributed by atoms with Gasteiger partial charge in [0.2, 0.25) is 0 Å². The Morgan fingerprint density at radius 2 is 0.812 bits per heavy atom. The van der Waals surface area contributed by atoms with Gasteiger partial charge in [-0.15, -0.1) is 0 Å².